The molecule has 0 fully saturated rings. The molecule has 0 bridgehead atoms. The lowest BCUT2D eigenvalue weighted by Crippen LogP contribution is -2.29. The molecule has 0 radical (unpaired) electrons. The number of fused-ring (bicyclic) bond motifs is 1. The van der Waals surface area contributed by atoms with Gasteiger partial charge in [-0.25, -0.2) is 0 Å². The molecule has 2 heterocycles. The van der Waals surface area contributed by atoms with E-state index in [4.69, 9.17) is 9.47 Å². The average molecular weight is 298 g/mol. The van der Waals surface area contributed by atoms with Crippen molar-refractivity contribution in [2.24, 2.45) is 0 Å². The monoisotopic (exact) mass is 298 g/mol. The number of rotatable bonds is 4. The smallest absolute Gasteiger partial charge is 0.253 e. The van der Waals surface area contributed by atoms with Crippen molar-refractivity contribution in [1.29, 1.82) is 0 Å². The largest absolute Gasteiger partial charge is 0.486 e. The van der Waals surface area contributed by atoms with Gasteiger partial charge in [0.05, 0.1) is 0 Å². The lowest BCUT2D eigenvalue weighted by atomic mass is 10.1. The quantitative estimate of drug-likeness (QED) is 0.868. The van der Waals surface area contributed by atoms with E-state index in [2.05, 4.69) is 4.98 Å². The van der Waals surface area contributed by atoms with Gasteiger partial charge in [-0.15, -0.1) is 0 Å². The van der Waals surface area contributed by atoms with Gasteiger partial charge in [0, 0.05) is 31.5 Å². The first-order chi connectivity index (χ1) is 10.7. The molecule has 0 N–H and O–H groups in total. The Bertz CT molecular complexity index is 658. The number of carbonyl (C=O) groups excluding carboxylic acids is 1. The highest BCUT2D eigenvalue weighted by atomic mass is 16.6. The molecule has 0 saturated heterocycles. The highest BCUT2D eigenvalue weighted by Crippen LogP contribution is 2.31. The van der Waals surface area contributed by atoms with Gasteiger partial charge >= 0.3 is 0 Å². The fourth-order valence-corrected chi connectivity index (χ4v) is 2.34. The first-order valence-electron chi connectivity index (χ1n) is 7.28. The zero-order chi connectivity index (χ0) is 15.4. The van der Waals surface area contributed by atoms with Crippen LogP contribution in [0.3, 0.4) is 0 Å². The number of hydrogen-bond acceptors (Lipinski definition) is 4. The lowest BCUT2D eigenvalue weighted by molar-refractivity contribution is 0.0795. The number of amides is 1. The summed E-state index contributed by atoms with van der Waals surface area (Å²) < 4.78 is 11.0. The molecular formula is C17H18N2O3. The first-order valence-corrected chi connectivity index (χ1v) is 7.28. The summed E-state index contributed by atoms with van der Waals surface area (Å²) in [6, 6.07) is 9.24. The molecule has 1 aliphatic heterocycles. The van der Waals surface area contributed by atoms with Crippen molar-refractivity contribution in [3.63, 3.8) is 0 Å². The summed E-state index contributed by atoms with van der Waals surface area (Å²) in [4.78, 5) is 18.2. The minimum Gasteiger partial charge on any atom is -0.486 e. The van der Waals surface area contributed by atoms with Gasteiger partial charge < -0.3 is 14.4 Å². The van der Waals surface area contributed by atoms with Crippen LogP contribution in [-0.2, 0) is 6.42 Å². The maximum Gasteiger partial charge on any atom is 0.253 e. The summed E-state index contributed by atoms with van der Waals surface area (Å²) in [5.41, 5.74) is 1.78. The normalized spacial score (nSPS) is 12.8. The maximum absolute atomic E-state index is 12.5. The molecular weight excluding hydrogens is 280 g/mol. The fraction of sp³-hybridized carbons (Fsp3) is 0.294. The van der Waals surface area contributed by atoms with Gasteiger partial charge in [-0.3, -0.25) is 9.78 Å². The lowest BCUT2D eigenvalue weighted by Gasteiger charge is -2.21. The van der Waals surface area contributed by atoms with Gasteiger partial charge in [0.2, 0.25) is 0 Å². The predicted octanol–water partition coefficient (Wildman–Crippen LogP) is 2.17. The van der Waals surface area contributed by atoms with Crippen LogP contribution in [0.4, 0.5) is 0 Å². The third kappa shape index (κ3) is 3.19. The molecule has 3 rings (SSSR count). The van der Waals surface area contributed by atoms with Crippen LogP contribution < -0.4 is 9.47 Å². The van der Waals surface area contributed by atoms with Crippen molar-refractivity contribution in [2.45, 2.75) is 6.42 Å². The number of nitrogens with zero attached hydrogens (tertiary/aromatic N) is 2. The Morgan fingerprint density at radius 3 is 2.64 bits per heavy atom. The standard InChI is InChI=1S/C17H18N2O3/c1-19(9-6-13-4-7-18-8-5-13)17(20)14-2-3-15-16(12-14)22-11-10-21-15/h2-5,7-8,12H,6,9-11H2,1H3. The number of ether oxygens (including phenoxy) is 2. The number of aromatic nitrogens is 1. The number of benzene rings is 1. The molecule has 1 aromatic carbocycles. The first kappa shape index (κ1) is 14.4. The summed E-state index contributed by atoms with van der Waals surface area (Å²) in [5.74, 6) is 1.31. The van der Waals surface area contributed by atoms with E-state index in [0.29, 0.717) is 36.8 Å². The average Bonchev–Trinajstić information content (AvgIpc) is 2.59. The van der Waals surface area contributed by atoms with Crippen molar-refractivity contribution in [1.82, 2.24) is 9.88 Å². The summed E-state index contributed by atoms with van der Waals surface area (Å²) in [6.45, 7) is 1.71. The number of hydrogen-bond donors (Lipinski definition) is 0. The zero-order valence-electron chi connectivity index (χ0n) is 12.5. The summed E-state index contributed by atoms with van der Waals surface area (Å²) in [7, 11) is 1.81. The minimum absolute atomic E-state index is 0.0222. The molecule has 0 aliphatic carbocycles. The highest BCUT2D eigenvalue weighted by molar-refractivity contribution is 5.94. The van der Waals surface area contributed by atoms with E-state index in [1.807, 2.05) is 12.1 Å². The van der Waals surface area contributed by atoms with Crippen molar-refractivity contribution in [2.75, 3.05) is 26.8 Å². The molecule has 114 valence electrons. The van der Waals surface area contributed by atoms with E-state index >= 15 is 0 Å². The van der Waals surface area contributed by atoms with E-state index in [-0.39, 0.29) is 5.91 Å². The van der Waals surface area contributed by atoms with Crippen molar-refractivity contribution in [3.05, 3.63) is 53.9 Å². The molecule has 22 heavy (non-hydrogen) atoms. The van der Waals surface area contributed by atoms with E-state index in [9.17, 15) is 4.79 Å². The van der Waals surface area contributed by atoms with Crippen LogP contribution in [-0.4, -0.2) is 42.6 Å². The van der Waals surface area contributed by atoms with Crippen LogP contribution in [0.5, 0.6) is 11.5 Å². The van der Waals surface area contributed by atoms with E-state index in [0.717, 1.165) is 12.0 Å². The van der Waals surface area contributed by atoms with Crippen LogP contribution in [0.25, 0.3) is 0 Å². The molecule has 0 unspecified atom stereocenters. The van der Waals surface area contributed by atoms with Gasteiger partial charge in [-0.05, 0) is 42.3 Å². The van der Waals surface area contributed by atoms with E-state index in [1.54, 1.807) is 42.5 Å². The molecule has 2 aromatic rings. The Morgan fingerprint density at radius 2 is 1.86 bits per heavy atom. The van der Waals surface area contributed by atoms with Gasteiger partial charge in [-0.1, -0.05) is 0 Å². The van der Waals surface area contributed by atoms with Crippen LogP contribution >= 0.6 is 0 Å². The molecule has 0 atom stereocenters. The summed E-state index contributed by atoms with van der Waals surface area (Å²) in [6.07, 6.45) is 4.32. The fourth-order valence-electron chi connectivity index (χ4n) is 2.34. The van der Waals surface area contributed by atoms with Gasteiger partial charge in [0.15, 0.2) is 11.5 Å². The van der Waals surface area contributed by atoms with E-state index < -0.39 is 0 Å². The highest BCUT2D eigenvalue weighted by Gasteiger charge is 2.17. The zero-order valence-corrected chi connectivity index (χ0v) is 12.5. The number of pyridine rings is 1. The predicted molar refractivity (Wildman–Crippen MR) is 82.3 cm³/mol. The molecule has 5 nitrogen and oxygen atoms in total. The van der Waals surface area contributed by atoms with Crippen LogP contribution in [0.1, 0.15) is 15.9 Å². The Balaban J connectivity index is 1.65. The van der Waals surface area contributed by atoms with Gasteiger partial charge in [0.1, 0.15) is 13.2 Å². The molecule has 0 saturated carbocycles. The summed E-state index contributed by atoms with van der Waals surface area (Å²) in [5, 5.41) is 0. The molecule has 1 amide bonds. The minimum atomic E-state index is -0.0222. The Labute approximate surface area is 129 Å². The van der Waals surface area contributed by atoms with Crippen molar-refractivity contribution < 1.29 is 14.3 Å². The molecule has 5 heteroatoms. The van der Waals surface area contributed by atoms with Crippen LogP contribution in [0.15, 0.2) is 42.7 Å². The third-order valence-corrected chi connectivity index (χ3v) is 3.62. The topological polar surface area (TPSA) is 51.7 Å². The van der Waals surface area contributed by atoms with Crippen molar-refractivity contribution in [3.8, 4) is 11.5 Å². The van der Waals surface area contributed by atoms with E-state index in [1.165, 1.54) is 0 Å². The Hall–Kier alpha value is -2.56. The molecule has 1 aromatic heterocycles. The second kappa shape index (κ2) is 6.47. The van der Waals surface area contributed by atoms with Crippen LogP contribution in [0.2, 0.25) is 0 Å². The second-order valence-electron chi connectivity index (χ2n) is 5.19. The van der Waals surface area contributed by atoms with Gasteiger partial charge in [-0.2, -0.15) is 0 Å². The SMILES string of the molecule is CN(CCc1ccncc1)C(=O)c1ccc2c(c1)OCCO2. The maximum atomic E-state index is 12.5. The third-order valence-electron chi connectivity index (χ3n) is 3.62. The van der Waals surface area contributed by atoms with Gasteiger partial charge in [0.25, 0.3) is 5.91 Å². The Morgan fingerprint density at radius 1 is 1.14 bits per heavy atom. The molecule has 1 aliphatic rings. The molecule has 0 spiro atoms. The number of likely N-dealkylation sites (N-methyl/N-ethyl adjacent to an activating group) is 1. The van der Waals surface area contributed by atoms with Crippen molar-refractivity contribution >= 4 is 5.91 Å². The summed E-state index contributed by atoms with van der Waals surface area (Å²) >= 11 is 0. The Kier molecular flexibility index (Phi) is 4.23. The number of carbonyl (C=O) groups is 1. The second-order valence-corrected chi connectivity index (χ2v) is 5.19. The van der Waals surface area contributed by atoms with Crippen LogP contribution in [0, 0.1) is 0 Å².